The number of carbonyl (C=O) groups excluding carboxylic acids is 1. The van der Waals surface area contributed by atoms with Gasteiger partial charge in [-0.1, -0.05) is 24.8 Å². The largest absolute Gasteiger partial charge is 0.488 e. The third kappa shape index (κ3) is 12.0. The number of amides is 1. The third-order valence-electron chi connectivity index (χ3n) is 4.47. The van der Waals surface area contributed by atoms with E-state index >= 15 is 0 Å². The van der Waals surface area contributed by atoms with Crippen molar-refractivity contribution < 1.29 is 23.4 Å². The number of halogens is 1. The van der Waals surface area contributed by atoms with Crippen LogP contribution in [-0.2, 0) is 20.7 Å². The Morgan fingerprint density at radius 1 is 1.18 bits per heavy atom. The molecule has 0 aliphatic rings. The second kappa shape index (κ2) is 14.6. The summed E-state index contributed by atoms with van der Waals surface area (Å²) in [4.78, 5) is 14.8. The third-order valence-corrected chi connectivity index (χ3v) is 4.47. The van der Waals surface area contributed by atoms with Crippen molar-refractivity contribution in [1.82, 2.24) is 4.90 Å². The Kier molecular flexibility index (Phi) is 12.6. The van der Waals surface area contributed by atoms with Gasteiger partial charge in [-0.05, 0) is 70.9 Å². The molecule has 1 atom stereocenters. The Hall–Kier alpha value is -2.68. The lowest BCUT2D eigenvalue weighted by molar-refractivity contribution is -0.158. The summed E-state index contributed by atoms with van der Waals surface area (Å²) in [5, 5.41) is 0. The summed E-state index contributed by atoms with van der Waals surface area (Å²) in [5.41, 5.74) is 13.3. The molecule has 0 aromatic heterocycles. The van der Waals surface area contributed by atoms with Gasteiger partial charge in [-0.25, -0.2) is 4.39 Å². The van der Waals surface area contributed by atoms with Gasteiger partial charge in [0.25, 0.3) is 0 Å². The molecule has 0 aliphatic carbocycles. The number of ether oxygens (including phenoxy) is 3. The molecule has 4 N–H and O–H groups in total. The summed E-state index contributed by atoms with van der Waals surface area (Å²) < 4.78 is 29.9. The first kappa shape index (κ1) is 29.4. The lowest BCUT2D eigenvalue weighted by Gasteiger charge is -2.29. The maximum absolute atomic E-state index is 13.3. The number of hydrogen-bond donors (Lipinski definition) is 2. The van der Waals surface area contributed by atoms with Crippen LogP contribution >= 0.6 is 0 Å². The highest BCUT2D eigenvalue weighted by atomic mass is 19.1. The summed E-state index contributed by atoms with van der Waals surface area (Å²) >= 11 is 0. The van der Waals surface area contributed by atoms with Crippen LogP contribution in [0.5, 0.6) is 5.75 Å². The zero-order chi connectivity index (χ0) is 25.7. The van der Waals surface area contributed by atoms with Crippen molar-refractivity contribution in [3.05, 3.63) is 66.2 Å². The van der Waals surface area contributed by atoms with Gasteiger partial charge in [0, 0.05) is 18.9 Å². The molecule has 0 spiro atoms. The molecular formula is C26H40FN3O4. The number of nitrogens with two attached hydrogens (primary N) is 2. The lowest BCUT2D eigenvalue weighted by atomic mass is 10.0. The van der Waals surface area contributed by atoms with E-state index in [-0.39, 0.29) is 24.6 Å². The first-order valence-corrected chi connectivity index (χ1v) is 11.5. The standard InChI is InChI=1S/C26H40FN3O4/c1-7-32-24(33-8-2)18-30(17-21(28)11-9-10-19(3)27)25(31)23(29)16-20-12-14-22(15-13-20)34-26(4,5)6/h9-15,23-24H,3,7-8,16-18,28-29H2,1-2,4-6H3/b10-9-,21-11-/t23-/m0/s1. The molecule has 1 aromatic rings. The number of nitrogens with zero attached hydrogens (tertiary/aromatic N) is 1. The molecule has 190 valence electrons. The molecule has 0 fully saturated rings. The second-order valence-electron chi connectivity index (χ2n) is 8.78. The fourth-order valence-corrected chi connectivity index (χ4v) is 3.11. The Labute approximate surface area is 203 Å². The smallest absolute Gasteiger partial charge is 0.240 e. The van der Waals surface area contributed by atoms with E-state index < -0.39 is 18.2 Å². The highest BCUT2D eigenvalue weighted by Gasteiger charge is 2.25. The van der Waals surface area contributed by atoms with Crippen LogP contribution in [0.2, 0.25) is 0 Å². The van der Waals surface area contributed by atoms with Crippen molar-refractivity contribution >= 4 is 5.91 Å². The number of allylic oxidation sites excluding steroid dienone is 4. The lowest BCUT2D eigenvalue weighted by Crippen LogP contribution is -2.49. The summed E-state index contributed by atoms with van der Waals surface area (Å²) in [7, 11) is 0. The Bertz CT molecular complexity index is 825. The summed E-state index contributed by atoms with van der Waals surface area (Å²) in [5.74, 6) is -0.142. The Morgan fingerprint density at radius 2 is 1.76 bits per heavy atom. The van der Waals surface area contributed by atoms with E-state index in [0.29, 0.717) is 25.3 Å². The van der Waals surface area contributed by atoms with Crippen LogP contribution in [0.25, 0.3) is 0 Å². The van der Waals surface area contributed by atoms with Crippen molar-refractivity contribution in [2.45, 2.75) is 59.0 Å². The summed E-state index contributed by atoms with van der Waals surface area (Å²) in [6.45, 7) is 13.9. The molecule has 7 nitrogen and oxygen atoms in total. The fourth-order valence-electron chi connectivity index (χ4n) is 3.11. The topological polar surface area (TPSA) is 100 Å². The molecule has 0 aliphatic heterocycles. The number of carbonyl (C=O) groups is 1. The van der Waals surface area contributed by atoms with E-state index in [1.165, 1.54) is 23.1 Å². The molecule has 0 radical (unpaired) electrons. The van der Waals surface area contributed by atoms with Crippen molar-refractivity contribution in [3.8, 4) is 5.75 Å². The molecule has 0 bridgehead atoms. The van der Waals surface area contributed by atoms with Gasteiger partial charge in [-0.2, -0.15) is 0 Å². The van der Waals surface area contributed by atoms with Crippen LogP contribution < -0.4 is 16.2 Å². The van der Waals surface area contributed by atoms with Gasteiger partial charge in [0.15, 0.2) is 6.29 Å². The number of benzene rings is 1. The monoisotopic (exact) mass is 477 g/mol. The number of hydrogen-bond acceptors (Lipinski definition) is 6. The molecular weight excluding hydrogens is 437 g/mol. The van der Waals surface area contributed by atoms with Crippen molar-refractivity contribution in [2.75, 3.05) is 26.3 Å². The van der Waals surface area contributed by atoms with Crippen LogP contribution in [0.4, 0.5) is 4.39 Å². The minimum atomic E-state index is -0.799. The molecule has 8 heteroatoms. The predicted molar refractivity (Wildman–Crippen MR) is 134 cm³/mol. The minimum Gasteiger partial charge on any atom is -0.488 e. The van der Waals surface area contributed by atoms with Crippen molar-refractivity contribution in [2.24, 2.45) is 11.5 Å². The normalized spacial score (nSPS) is 13.4. The first-order valence-electron chi connectivity index (χ1n) is 11.5. The summed E-state index contributed by atoms with van der Waals surface area (Å²) in [6.07, 6.45) is 3.85. The van der Waals surface area contributed by atoms with Gasteiger partial charge in [0.05, 0.1) is 19.1 Å². The molecule has 34 heavy (non-hydrogen) atoms. The number of rotatable bonds is 14. The zero-order valence-electron chi connectivity index (χ0n) is 21.1. The van der Waals surface area contributed by atoms with Crippen LogP contribution in [-0.4, -0.2) is 55.0 Å². The zero-order valence-corrected chi connectivity index (χ0v) is 21.1. The molecule has 1 aromatic carbocycles. The maximum atomic E-state index is 13.3. The highest BCUT2D eigenvalue weighted by Crippen LogP contribution is 2.19. The minimum absolute atomic E-state index is 0.0879. The van der Waals surface area contributed by atoms with E-state index in [1.54, 1.807) is 0 Å². The molecule has 1 amide bonds. The van der Waals surface area contributed by atoms with E-state index in [0.717, 1.165) is 11.3 Å². The van der Waals surface area contributed by atoms with E-state index in [2.05, 4.69) is 6.58 Å². The Morgan fingerprint density at radius 3 is 2.26 bits per heavy atom. The van der Waals surface area contributed by atoms with Crippen LogP contribution in [0.1, 0.15) is 40.2 Å². The van der Waals surface area contributed by atoms with Crippen molar-refractivity contribution in [3.63, 3.8) is 0 Å². The van der Waals surface area contributed by atoms with Crippen molar-refractivity contribution in [1.29, 1.82) is 0 Å². The van der Waals surface area contributed by atoms with Crippen LogP contribution in [0.3, 0.4) is 0 Å². The quantitative estimate of drug-likeness (QED) is 0.312. The highest BCUT2D eigenvalue weighted by molar-refractivity contribution is 5.82. The average Bonchev–Trinajstić information content (AvgIpc) is 2.73. The van der Waals surface area contributed by atoms with Crippen LogP contribution in [0.15, 0.2) is 60.6 Å². The fraction of sp³-hybridized carbons (Fsp3) is 0.500. The molecule has 0 unspecified atom stereocenters. The molecule has 0 saturated heterocycles. The van der Waals surface area contributed by atoms with Gasteiger partial charge in [0.2, 0.25) is 5.91 Å². The molecule has 0 saturated carbocycles. The SMILES string of the molecule is C=C(F)/C=C\C=C(/N)CN(CC(OCC)OCC)C(=O)[C@@H](N)Cc1ccc(OC(C)(C)C)cc1. The van der Waals surface area contributed by atoms with E-state index in [4.69, 9.17) is 25.7 Å². The average molecular weight is 478 g/mol. The second-order valence-corrected chi connectivity index (χ2v) is 8.78. The van der Waals surface area contributed by atoms with E-state index in [1.807, 2.05) is 58.9 Å². The maximum Gasteiger partial charge on any atom is 0.240 e. The predicted octanol–water partition coefficient (Wildman–Crippen LogP) is 3.84. The van der Waals surface area contributed by atoms with Gasteiger partial charge >= 0.3 is 0 Å². The Balaban J connectivity index is 2.97. The van der Waals surface area contributed by atoms with Gasteiger partial charge < -0.3 is 30.6 Å². The molecule has 0 heterocycles. The van der Waals surface area contributed by atoms with Gasteiger partial charge in [-0.15, -0.1) is 0 Å². The van der Waals surface area contributed by atoms with Gasteiger partial charge in [-0.3, -0.25) is 4.79 Å². The molecule has 1 rings (SSSR count). The first-order chi connectivity index (χ1) is 15.9. The summed E-state index contributed by atoms with van der Waals surface area (Å²) in [6, 6.07) is 6.71. The van der Waals surface area contributed by atoms with E-state index in [9.17, 15) is 9.18 Å². The van der Waals surface area contributed by atoms with Crippen LogP contribution in [0, 0.1) is 0 Å². The van der Waals surface area contributed by atoms with Gasteiger partial charge in [0.1, 0.15) is 17.2 Å².